The van der Waals surface area contributed by atoms with Crippen LogP contribution in [0.1, 0.15) is 54.9 Å². The molecule has 0 unspecified atom stereocenters. The van der Waals surface area contributed by atoms with Crippen LogP contribution in [-0.4, -0.2) is 57.0 Å². The molecule has 1 aromatic rings. The van der Waals surface area contributed by atoms with Gasteiger partial charge in [0.15, 0.2) is 5.96 Å². The number of aliphatic imine (C=N–C) groups is 1. The van der Waals surface area contributed by atoms with Crippen molar-refractivity contribution in [2.75, 3.05) is 40.3 Å². The Bertz CT molecular complexity index is 696. The van der Waals surface area contributed by atoms with Crippen LogP contribution in [0.4, 0.5) is 0 Å². The SMILES string of the molecule is CCNC(=NCc1cccc(C(=O)NCCN(C)C)c1)NCCC1=CCCCC1. The number of allylic oxidation sites excluding steroid dienone is 1. The van der Waals surface area contributed by atoms with Crippen LogP contribution in [0.3, 0.4) is 0 Å². The Hall–Kier alpha value is -2.34. The lowest BCUT2D eigenvalue weighted by molar-refractivity contribution is 0.0951. The first-order valence-electron chi connectivity index (χ1n) is 10.8. The van der Waals surface area contributed by atoms with Gasteiger partial charge < -0.3 is 20.9 Å². The number of carbonyl (C=O) groups excluding carboxylic acids is 1. The molecule has 0 fully saturated rings. The summed E-state index contributed by atoms with van der Waals surface area (Å²) in [5.41, 5.74) is 3.27. The second-order valence-electron chi connectivity index (χ2n) is 7.74. The van der Waals surface area contributed by atoms with Gasteiger partial charge in [-0.1, -0.05) is 23.8 Å². The molecule has 0 aromatic heterocycles. The van der Waals surface area contributed by atoms with Gasteiger partial charge in [-0.3, -0.25) is 4.79 Å². The highest BCUT2D eigenvalue weighted by Gasteiger charge is 2.07. The molecule has 0 atom stereocenters. The van der Waals surface area contributed by atoms with Crippen molar-refractivity contribution in [2.24, 2.45) is 4.99 Å². The predicted octanol–water partition coefficient (Wildman–Crippen LogP) is 2.92. The Morgan fingerprint density at radius 3 is 2.72 bits per heavy atom. The number of amides is 1. The van der Waals surface area contributed by atoms with Crippen LogP contribution in [0.15, 0.2) is 40.9 Å². The third-order valence-electron chi connectivity index (χ3n) is 4.92. The van der Waals surface area contributed by atoms with E-state index in [1.165, 1.54) is 25.7 Å². The highest BCUT2D eigenvalue weighted by atomic mass is 16.1. The third-order valence-corrected chi connectivity index (χ3v) is 4.92. The largest absolute Gasteiger partial charge is 0.357 e. The maximum Gasteiger partial charge on any atom is 0.251 e. The average Bonchev–Trinajstić information content (AvgIpc) is 2.72. The van der Waals surface area contributed by atoms with Crippen LogP contribution in [-0.2, 0) is 6.54 Å². The molecule has 0 heterocycles. The van der Waals surface area contributed by atoms with Crippen LogP contribution in [0.5, 0.6) is 0 Å². The first kappa shape index (κ1) is 22.9. The van der Waals surface area contributed by atoms with Gasteiger partial charge in [-0.15, -0.1) is 0 Å². The fourth-order valence-electron chi connectivity index (χ4n) is 3.29. The molecule has 0 radical (unpaired) electrons. The van der Waals surface area contributed by atoms with Crippen LogP contribution < -0.4 is 16.0 Å². The van der Waals surface area contributed by atoms with Crippen molar-refractivity contribution in [3.8, 4) is 0 Å². The number of benzene rings is 1. The van der Waals surface area contributed by atoms with Crippen LogP contribution in [0.25, 0.3) is 0 Å². The van der Waals surface area contributed by atoms with Gasteiger partial charge in [-0.2, -0.15) is 0 Å². The van der Waals surface area contributed by atoms with E-state index in [0.717, 1.165) is 37.6 Å². The molecule has 3 N–H and O–H groups in total. The summed E-state index contributed by atoms with van der Waals surface area (Å²) in [5.74, 6) is 0.785. The van der Waals surface area contributed by atoms with Gasteiger partial charge in [0, 0.05) is 31.7 Å². The average molecular weight is 400 g/mol. The highest BCUT2D eigenvalue weighted by molar-refractivity contribution is 5.94. The maximum atomic E-state index is 12.3. The Morgan fingerprint density at radius 2 is 2.00 bits per heavy atom. The van der Waals surface area contributed by atoms with Crippen molar-refractivity contribution in [1.82, 2.24) is 20.9 Å². The second kappa shape index (κ2) is 13.0. The molecule has 1 aromatic carbocycles. The standard InChI is InChI=1S/C23H37N5O/c1-4-24-23(26-14-13-19-9-6-5-7-10-19)27-18-20-11-8-12-21(17-20)22(29)25-15-16-28(2)3/h8-9,11-12,17H,4-7,10,13-16,18H2,1-3H3,(H,25,29)(H2,24,26,27). The summed E-state index contributed by atoms with van der Waals surface area (Å²) in [5, 5.41) is 9.69. The minimum Gasteiger partial charge on any atom is -0.357 e. The first-order chi connectivity index (χ1) is 14.1. The molecule has 6 nitrogen and oxygen atoms in total. The molecule has 1 aliphatic carbocycles. The summed E-state index contributed by atoms with van der Waals surface area (Å²) < 4.78 is 0. The van der Waals surface area contributed by atoms with E-state index in [0.29, 0.717) is 18.7 Å². The van der Waals surface area contributed by atoms with Crippen molar-refractivity contribution in [1.29, 1.82) is 0 Å². The van der Waals surface area contributed by atoms with E-state index in [2.05, 4.69) is 33.9 Å². The molecule has 6 heteroatoms. The Kier molecular flexibility index (Phi) is 10.3. The van der Waals surface area contributed by atoms with Gasteiger partial charge in [0.1, 0.15) is 0 Å². The van der Waals surface area contributed by atoms with Gasteiger partial charge in [0.25, 0.3) is 5.91 Å². The summed E-state index contributed by atoms with van der Waals surface area (Å²) in [7, 11) is 3.99. The quantitative estimate of drug-likeness (QED) is 0.321. The molecule has 2 rings (SSSR count). The van der Waals surface area contributed by atoms with Crippen LogP contribution >= 0.6 is 0 Å². The lowest BCUT2D eigenvalue weighted by atomic mass is 9.97. The number of rotatable bonds is 10. The Morgan fingerprint density at radius 1 is 1.14 bits per heavy atom. The summed E-state index contributed by atoms with van der Waals surface area (Å²) in [4.78, 5) is 19.1. The number of carbonyl (C=O) groups is 1. The number of likely N-dealkylation sites (N-methyl/N-ethyl adjacent to an activating group) is 1. The monoisotopic (exact) mass is 399 g/mol. The molecule has 0 spiro atoms. The second-order valence-corrected chi connectivity index (χ2v) is 7.74. The molecule has 160 valence electrons. The van der Waals surface area contributed by atoms with Crippen molar-refractivity contribution in [3.63, 3.8) is 0 Å². The zero-order valence-electron chi connectivity index (χ0n) is 18.3. The summed E-state index contributed by atoms with van der Waals surface area (Å²) in [6.45, 7) is 5.79. The first-order valence-corrected chi connectivity index (χ1v) is 10.8. The lowest BCUT2D eigenvalue weighted by Gasteiger charge is -2.15. The van der Waals surface area contributed by atoms with E-state index < -0.39 is 0 Å². The normalized spacial score (nSPS) is 14.5. The van der Waals surface area contributed by atoms with Crippen molar-refractivity contribution in [2.45, 2.75) is 45.6 Å². The topological polar surface area (TPSA) is 68.8 Å². The van der Waals surface area contributed by atoms with Crippen molar-refractivity contribution in [3.05, 3.63) is 47.0 Å². The Balaban J connectivity index is 1.87. The molecule has 0 aliphatic heterocycles. The number of hydrogen-bond donors (Lipinski definition) is 3. The zero-order chi connectivity index (χ0) is 20.9. The van der Waals surface area contributed by atoms with E-state index in [4.69, 9.17) is 0 Å². The van der Waals surface area contributed by atoms with Gasteiger partial charge in [0.2, 0.25) is 0 Å². The number of guanidine groups is 1. The smallest absolute Gasteiger partial charge is 0.251 e. The van der Waals surface area contributed by atoms with Crippen molar-refractivity contribution < 1.29 is 4.79 Å². The summed E-state index contributed by atoms with van der Waals surface area (Å²) >= 11 is 0. The van der Waals surface area contributed by atoms with Crippen molar-refractivity contribution >= 4 is 11.9 Å². The molecule has 0 saturated carbocycles. The van der Waals surface area contributed by atoms with E-state index in [1.54, 1.807) is 5.57 Å². The zero-order valence-corrected chi connectivity index (χ0v) is 18.3. The lowest BCUT2D eigenvalue weighted by Crippen LogP contribution is -2.37. The minimum atomic E-state index is -0.0385. The van der Waals surface area contributed by atoms with Crippen LogP contribution in [0.2, 0.25) is 0 Å². The highest BCUT2D eigenvalue weighted by Crippen LogP contribution is 2.19. The summed E-state index contributed by atoms with van der Waals surface area (Å²) in [6, 6.07) is 7.70. The Labute approximate surface area is 175 Å². The molecule has 0 bridgehead atoms. The van der Waals surface area contributed by atoms with Gasteiger partial charge in [-0.05, 0) is 70.8 Å². The van der Waals surface area contributed by atoms with E-state index >= 15 is 0 Å². The molecule has 1 aliphatic rings. The number of nitrogens with one attached hydrogen (secondary N) is 3. The fourth-order valence-corrected chi connectivity index (χ4v) is 3.29. The van der Waals surface area contributed by atoms with E-state index in [1.807, 2.05) is 43.3 Å². The molecular formula is C23H37N5O. The van der Waals surface area contributed by atoms with Gasteiger partial charge >= 0.3 is 0 Å². The molecule has 0 saturated heterocycles. The number of hydrogen-bond acceptors (Lipinski definition) is 3. The van der Waals surface area contributed by atoms with E-state index in [9.17, 15) is 4.79 Å². The summed E-state index contributed by atoms with van der Waals surface area (Å²) in [6.07, 6.45) is 8.57. The molecular weight excluding hydrogens is 362 g/mol. The fraction of sp³-hybridized carbons (Fsp3) is 0.565. The van der Waals surface area contributed by atoms with E-state index in [-0.39, 0.29) is 5.91 Å². The number of nitrogens with zero attached hydrogens (tertiary/aromatic N) is 2. The minimum absolute atomic E-state index is 0.0385. The van der Waals surface area contributed by atoms with Gasteiger partial charge in [-0.25, -0.2) is 4.99 Å². The predicted molar refractivity (Wildman–Crippen MR) is 121 cm³/mol. The molecule has 29 heavy (non-hydrogen) atoms. The molecule has 1 amide bonds. The van der Waals surface area contributed by atoms with Gasteiger partial charge in [0.05, 0.1) is 6.54 Å². The third kappa shape index (κ3) is 9.13. The van der Waals surface area contributed by atoms with Crippen LogP contribution in [0, 0.1) is 0 Å². The maximum absolute atomic E-state index is 12.3.